The fourth-order valence-corrected chi connectivity index (χ4v) is 4.31. The van der Waals surface area contributed by atoms with Crippen LogP contribution >= 0.6 is 0 Å². The number of rotatable bonds is 0. The molecule has 1 heteroatoms. The third kappa shape index (κ3) is 1.47. The second kappa shape index (κ2) is 4.00. The van der Waals surface area contributed by atoms with Crippen LogP contribution in [0.15, 0.2) is 54.6 Å². The average Bonchev–Trinajstić information content (AvgIpc) is 2.73. The molecule has 106 valence electrons. The normalized spacial score (nSPS) is 28.0. The standard InChI is InChI=1S/C20H21N/c1-14-16-9-5-4-8-15(16)12-13-20(14)19(2,3)17-10-6-7-11-18(17)21-20/h4-14,21H,1-3H3. The summed E-state index contributed by atoms with van der Waals surface area (Å²) in [4.78, 5) is 0. The molecule has 1 N–H and O–H groups in total. The van der Waals surface area contributed by atoms with Crippen molar-refractivity contribution in [2.75, 3.05) is 5.32 Å². The SMILES string of the molecule is CC1c2ccccc2C=CC12Nc1ccccc1C2(C)C. The van der Waals surface area contributed by atoms with E-state index in [4.69, 9.17) is 0 Å². The van der Waals surface area contributed by atoms with E-state index in [9.17, 15) is 0 Å². The van der Waals surface area contributed by atoms with Gasteiger partial charge in [-0.25, -0.2) is 0 Å². The highest BCUT2D eigenvalue weighted by Gasteiger charge is 2.54. The van der Waals surface area contributed by atoms with E-state index in [1.807, 2.05) is 0 Å². The fourth-order valence-electron chi connectivity index (χ4n) is 4.31. The number of benzene rings is 2. The summed E-state index contributed by atoms with van der Waals surface area (Å²) >= 11 is 0. The van der Waals surface area contributed by atoms with Crippen LogP contribution in [0.1, 0.15) is 43.4 Å². The highest BCUT2D eigenvalue weighted by Crippen LogP contribution is 2.55. The Morgan fingerprint density at radius 1 is 0.952 bits per heavy atom. The maximum atomic E-state index is 3.84. The topological polar surface area (TPSA) is 12.0 Å². The first-order chi connectivity index (χ1) is 10.1. The third-order valence-electron chi connectivity index (χ3n) is 5.65. The van der Waals surface area contributed by atoms with Crippen LogP contribution in [-0.4, -0.2) is 5.54 Å². The zero-order valence-corrected chi connectivity index (χ0v) is 12.9. The van der Waals surface area contributed by atoms with Gasteiger partial charge in [0.2, 0.25) is 0 Å². The lowest BCUT2D eigenvalue weighted by atomic mass is 9.61. The van der Waals surface area contributed by atoms with E-state index < -0.39 is 0 Å². The number of nitrogens with one attached hydrogen (secondary N) is 1. The third-order valence-corrected chi connectivity index (χ3v) is 5.65. The van der Waals surface area contributed by atoms with Crippen LogP contribution in [0.2, 0.25) is 0 Å². The van der Waals surface area contributed by atoms with Gasteiger partial charge < -0.3 is 5.32 Å². The molecule has 0 saturated carbocycles. The zero-order chi connectivity index (χ0) is 14.7. The van der Waals surface area contributed by atoms with E-state index in [-0.39, 0.29) is 11.0 Å². The first kappa shape index (κ1) is 12.7. The van der Waals surface area contributed by atoms with E-state index in [1.165, 1.54) is 22.4 Å². The zero-order valence-electron chi connectivity index (χ0n) is 12.9. The summed E-state index contributed by atoms with van der Waals surface area (Å²) in [5.41, 5.74) is 5.50. The Morgan fingerprint density at radius 3 is 2.48 bits per heavy atom. The Kier molecular flexibility index (Phi) is 2.42. The predicted octanol–water partition coefficient (Wildman–Crippen LogP) is 4.96. The van der Waals surface area contributed by atoms with Crippen LogP contribution in [0, 0.1) is 0 Å². The smallest absolute Gasteiger partial charge is 0.0717 e. The summed E-state index contributed by atoms with van der Waals surface area (Å²) in [5.74, 6) is 0.432. The molecule has 0 amide bonds. The molecular formula is C20H21N. The largest absolute Gasteiger partial charge is 0.374 e. The average molecular weight is 275 g/mol. The van der Waals surface area contributed by atoms with Crippen molar-refractivity contribution in [2.24, 2.45) is 0 Å². The maximum Gasteiger partial charge on any atom is 0.0717 e. The van der Waals surface area contributed by atoms with Gasteiger partial charge in [-0.2, -0.15) is 0 Å². The van der Waals surface area contributed by atoms with Crippen molar-refractivity contribution in [3.63, 3.8) is 0 Å². The van der Waals surface area contributed by atoms with Crippen LogP contribution in [0.4, 0.5) is 5.69 Å². The Labute approximate surface area is 126 Å². The molecule has 1 aliphatic carbocycles. The van der Waals surface area contributed by atoms with Crippen molar-refractivity contribution >= 4 is 11.8 Å². The van der Waals surface area contributed by atoms with Crippen molar-refractivity contribution in [2.45, 2.75) is 37.6 Å². The maximum absolute atomic E-state index is 3.84. The van der Waals surface area contributed by atoms with Gasteiger partial charge in [-0.1, -0.05) is 75.4 Å². The van der Waals surface area contributed by atoms with Crippen molar-refractivity contribution in [1.29, 1.82) is 0 Å². The first-order valence-corrected chi connectivity index (χ1v) is 7.72. The van der Waals surface area contributed by atoms with E-state index in [2.05, 4.69) is 86.8 Å². The molecule has 1 aliphatic heterocycles. The van der Waals surface area contributed by atoms with E-state index in [0.717, 1.165) is 0 Å². The number of para-hydroxylation sites is 1. The van der Waals surface area contributed by atoms with E-state index in [1.54, 1.807) is 0 Å². The second-order valence-corrected chi connectivity index (χ2v) is 6.85. The lowest BCUT2D eigenvalue weighted by Crippen LogP contribution is -2.52. The Balaban J connectivity index is 1.92. The van der Waals surface area contributed by atoms with E-state index >= 15 is 0 Å². The van der Waals surface area contributed by atoms with Crippen LogP contribution < -0.4 is 5.32 Å². The highest BCUT2D eigenvalue weighted by atomic mass is 15.1. The molecule has 2 atom stereocenters. The van der Waals surface area contributed by atoms with Crippen LogP contribution in [0.3, 0.4) is 0 Å². The molecule has 1 heterocycles. The molecule has 0 bridgehead atoms. The van der Waals surface area contributed by atoms with Gasteiger partial charge in [0.25, 0.3) is 0 Å². The Morgan fingerprint density at radius 2 is 1.67 bits per heavy atom. The number of anilines is 1. The molecule has 4 rings (SSSR count). The Bertz CT molecular complexity index is 741. The van der Waals surface area contributed by atoms with Crippen molar-refractivity contribution in [3.8, 4) is 0 Å². The molecule has 0 fully saturated rings. The molecule has 21 heavy (non-hydrogen) atoms. The Hall–Kier alpha value is -2.02. The van der Waals surface area contributed by atoms with Gasteiger partial charge in [-0.05, 0) is 22.8 Å². The van der Waals surface area contributed by atoms with Gasteiger partial charge in [-0.15, -0.1) is 0 Å². The molecule has 2 aliphatic rings. The number of fused-ring (bicyclic) bond motifs is 2. The molecule has 0 radical (unpaired) electrons. The lowest BCUT2D eigenvalue weighted by Gasteiger charge is -2.47. The molecule has 1 spiro atoms. The monoisotopic (exact) mass is 275 g/mol. The van der Waals surface area contributed by atoms with Gasteiger partial charge in [-0.3, -0.25) is 0 Å². The number of hydrogen-bond acceptors (Lipinski definition) is 1. The summed E-state index contributed by atoms with van der Waals surface area (Å²) < 4.78 is 0. The molecule has 0 aromatic heterocycles. The molecule has 2 unspecified atom stereocenters. The fraction of sp³-hybridized carbons (Fsp3) is 0.300. The minimum atomic E-state index is -0.0506. The number of hydrogen-bond donors (Lipinski definition) is 1. The lowest BCUT2D eigenvalue weighted by molar-refractivity contribution is 0.322. The quantitative estimate of drug-likeness (QED) is 0.716. The van der Waals surface area contributed by atoms with Crippen molar-refractivity contribution in [3.05, 3.63) is 71.3 Å². The summed E-state index contributed by atoms with van der Waals surface area (Å²) in [5, 5.41) is 3.84. The molecular weight excluding hydrogens is 254 g/mol. The highest BCUT2D eigenvalue weighted by molar-refractivity contribution is 5.72. The van der Waals surface area contributed by atoms with Gasteiger partial charge in [0.15, 0.2) is 0 Å². The first-order valence-electron chi connectivity index (χ1n) is 7.72. The summed E-state index contributed by atoms with van der Waals surface area (Å²) in [6.45, 7) is 7.07. The predicted molar refractivity (Wildman–Crippen MR) is 89.7 cm³/mol. The molecule has 2 aromatic rings. The second-order valence-electron chi connectivity index (χ2n) is 6.85. The van der Waals surface area contributed by atoms with E-state index in [0.29, 0.717) is 5.92 Å². The minimum absolute atomic E-state index is 0.0506. The summed E-state index contributed by atoms with van der Waals surface area (Å²) in [6, 6.07) is 17.5. The minimum Gasteiger partial charge on any atom is -0.374 e. The van der Waals surface area contributed by atoms with Crippen LogP contribution in [-0.2, 0) is 5.41 Å². The molecule has 2 aromatic carbocycles. The summed E-state index contributed by atoms with van der Waals surface area (Å²) in [6.07, 6.45) is 4.68. The van der Waals surface area contributed by atoms with Crippen molar-refractivity contribution in [1.82, 2.24) is 0 Å². The molecule has 1 nitrogen and oxygen atoms in total. The van der Waals surface area contributed by atoms with Gasteiger partial charge in [0, 0.05) is 17.0 Å². The van der Waals surface area contributed by atoms with Gasteiger partial charge in [0.1, 0.15) is 0 Å². The van der Waals surface area contributed by atoms with Gasteiger partial charge >= 0.3 is 0 Å². The molecule has 0 saturated heterocycles. The summed E-state index contributed by atoms with van der Waals surface area (Å²) in [7, 11) is 0. The van der Waals surface area contributed by atoms with Crippen LogP contribution in [0.5, 0.6) is 0 Å². The van der Waals surface area contributed by atoms with Gasteiger partial charge in [0.05, 0.1) is 5.54 Å². The van der Waals surface area contributed by atoms with Crippen LogP contribution in [0.25, 0.3) is 6.08 Å². The van der Waals surface area contributed by atoms with Crippen molar-refractivity contribution < 1.29 is 0 Å².